The van der Waals surface area contributed by atoms with Crippen LogP contribution in [0.2, 0.25) is 0 Å². The number of likely N-dealkylation sites (tertiary alicyclic amines) is 1. The molecule has 0 spiro atoms. The van der Waals surface area contributed by atoms with Gasteiger partial charge < -0.3 is 14.2 Å². The molecule has 0 saturated carbocycles. The Bertz CT molecular complexity index is 961. The van der Waals surface area contributed by atoms with Gasteiger partial charge in [0.05, 0.1) is 0 Å². The van der Waals surface area contributed by atoms with E-state index in [2.05, 4.69) is 29.4 Å². The van der Waals surface area contributed by atoms with E-state index in [4.69, 9.17) is 9.26 Å². The second-order valence-electron chi connectivity index (χ2n) is 7.69. The number of aryl methyl sites for hydroxylation is 2. The van der Waals surface area contributed by atoms with Crippen LogP contribution >= 0.6 is 0 Å². The van der Waals surface area contributed by atoms with Gasteiger partial charge in [0.1, 0.15) is 12.4 Å². The molecule has 1 aliphatic rings. The third-order valence-electron chi connectivity index (χ3n) is 5.53. The van der Waals surface area contributed by atoms with Crippen molar-refractivity contribution in [2.24, 2.45) is 0 Å². The molecule has 1 aromatic heterocycles. The molecule has 0 radical (unpaired) electrons. The first-order valence-electron chi connectivity index (χ1n) is 10.1. The van der Waals surface area contributed by atoms with E-state index in [1.165, 1.54) is 5.56 Å². The average Bonchev–Trinajstić information content (AvgIpc) is 3.22. The number of aromatic nitrogens is 1. The van der Waals surface area contributed by atoms with Crippen LogP contribution in [-0.4, -0.2) is 29.1 Å². The lowest BCUT2D eigenvalue weighted by molar-refractivity contribution is 0.0696. The normalized spacial score (nSPS) is 16.6. The summed E-state index contributed by atoms with van der Waals surface area (Å²) in [5.74, 6) is 1.69. The molecule has 0 bridgehead atoms. The molecule has 0 aliphatic carbocycles. The molecule has 29 heavy (non-hydrogen) atoms. The fraction of sp³-hybridized carbons (Fsp3) is 0.333. The van der Waals surface area contributed by atoms with Gasteiger partial charge in [-0.3, -0.25) is 4.79 Å². The van der Waals surface area contributed by atoms with Gasteiger partial charge in [0.2, 0.25) is 0 Å². The lowest BCUT2D eigenvalue weighted by atomic mass is 9.90. The first kappa shape index (κ1) is 19.2. The Balaban J connectivity index is 1.40. The number of hydrogen-bond donors (Lipinski definition) is 0. The van der Waals surface area contributed by atoms with Crippen molar-refractivity contribution < 1.29 is 14.1 Å². The summed E-state index contributed by atoms with van der Waals surface area (Å²) in [7, 11) is 0. The summed E-state index contributed by atoms with van der Waals surface area (Å²) in [6.45, 7) is 5.74. The molecule has 5 heteroatoms. The molecular weight excluding hydrogens is 364 g/mol. The Morgan fingerprint density at radius 2 is 1.90 bits per heavy atom. The smallest absolute Gasteiger partial charge is 0.276 e. The van der Waals surface area contributed by atoms with Crippen LogP contribution in [0.25, 0.3) is 0 Å². The molecule has 2 aromatic carbocycles. The molecule has 0 unspecified atom stereocenters. The first-order valence-corrected chi connectivity index (χ1v) is 10.1. The third kappa shape index (κ3) is 4.34. The van der Waals surface area contributed by atoms with Gasteiger partial charge in [0, 0.05) is 25.1 Å². The van der Waals surface area contributed by atoms with Gasteiger partial charge in [-0.15, -0.1) is 0 Å². The number of benzene rings is 2. The van der Waals surface area contributed by atoms with Crippen molar-refractivity contribution in [3.63, 3.8) is 0 Å². The molecule has 2 heterocycles. The van der Waals surface area contributed by atoms with Gasteiger partial charge in [-0.1, -0.05) is 53.7 Å². The fourth-order valence-corrected chi connectivity index (χ4v) is 3.97. The fourth-order valence-electron chi connectivity index (χ4n) is 3.97. The number of ether oxygens (including phenoxy) is 1. The standard InChI is InChI=1S/C24H26N2O3/c1-17-8-6-9-18(2)23(17)28-16-21-14-22(25-29-21)24(27)26-13-7-12-20(15-26)19-10-4-3-5-11-19/h3-6,8-11,14,20H,7,12-13,15-16H2,1-2H3/t20-/m0/s1. The van der Waals surface area contributed by atoms with Crippen molar-refractivity contribution in [1.82, 2.24) is 10.1 Å². The highest BCUT2D eigenvalue weighted by Gasteiger charge is 2.27. The average molecular weight is 390 g/mol. The van der Waals surface area contributed by atoms with Gasteiger partial charge in [0.15, 0.2) is 11.5 Å². The largest absolute Gasteiger partial charge is 0.485 e. The second kappa shape index (κ2) is 8.52. The van der Waals surface area contributed by atoms with Crippen molar-refractivity contribution in [2.75, 3.05) is 13.1 Å². The monoisotopic (exact) mass is 390 g/mol. The molecule has 5 nitrogen and oxygen atoms in total. The quantitative estimate of drug-likeness (QED) is 0.622. The maximum absolute atomic E-state index is 12.9. The van der Waals surface area contributed by atoms with E-state index in [0.29, 0.717) is 23.9 Å². The lowest BCUT2D eigenvalue weighted by Gasteiger charge is -2.32. The molecule has 1 amide bonds. The second-order valence-corrected chi connectivity index (χ2v) is 7.69. The van der Waals surface area contributed by atoms with Crippen molar-refractivity contribution in [3.05, 3.63) is 82.7 Å². The number of piperidine rings is 1. The third-order valence-corrected chi connectivity index (χ3v) is 5.53. The predicted molar refractivity (Wildman–Crippen MR) is 111 cm³/mol. The Morgan fingerprint density at radius 1 is 1.14 bits per heavy atom. The zero-order valence-electron chi connectivity index (χ0n) is 16.9. The number of carbonyl (C=O) groups is 1. The Labute approximate surface area is 171 Å². The van der Waals surface area contributed by atoms with Crippen molar-refractivity contribution >= 4 is 5.91 Å². The molecular formula is C24H26N2O3. The van der Waals surface area contributed by atoms with Crippen LogP contribution in [0.5, 0.6) is 5.75 Å². The first-order chi connectivity index (χ1) is 14.1. The van der Waals surface area contributed by atoms with E-state index in [1.807, 2.05) is 43.0 Å². The van der Waals surface area contributed by atoms with Crippen LogP contribution in [-0.2, 0) is 6.61 Å². The number of amides is 1. The molecule has 1 saturated heterocycles. The molecule has 150 valence electrons. The molecule has 1 atom stereocenters. The van der Waals surface area contributed by atoms with Gasteiger partial charge in [-0.05, 0) is 43.4 Å². The molecule has 1 aliphatic heterocycles. The summed E-state index contributed by atoms with van der Waals surface area (Å²) in [6, 6.07) is 18.1. The highest BCUT2D eigenvalue weighted by Crippen LogP contribution is 2.28. The molecule has 3 aromatic rings. The van der Waals surface area contributed by atoms with Gasteiger partial charge >= 0.3 is 0 Å². The summed E-state index contributed by atoms with van der Waals surface area (Å²) in [4.78, 5) is 14.8. The summed E-state index contributed by atoms with van der Waals surface area (Å²) < 4.78 is 11.3. The van der Waals surface area contributed by atoms with Crippen molar-refractivity contribution in [3.8, 4) is 5.75 Å². The Morgan fingerprint density at radius 3 is 2.66 bits per heavy atom. The summed E-state index contributed by atoms with van der Waals surface area (Å²) in [5, 5.41) is 4.00. The SMILES string of the molecule is Cc1cccc(C)c1OCc1cc(C(=O)N2CCC[C@H](c3ccccc3)C2)no1. The van der Waals surface area contributed by atoms with E-state index in [0.717, 1.165) is 36.3 Å². The van der Waals surface area contributed by atoms with E-state index in [1.54, 1.807) is 6.07 Å². The highest BCUT2D eigenvalue weighted by molar-refractivity contribution is 5.92. The van der Waals surface area contributed by atoms with Crippen LogP contribution < -0.4 is 4.74 Å². The highest BCUT2D eigenvalue weighted by atomic mass is 16.5. The predicted octanol–water partition coefficient (Wildman–Crippen LogP) is 4.89. The number of nitrogens with zero attached hydrogens (tertiary/aromatic N) is 2. The van der Waals surface area contributed by atoms with Gasteiger partial charge in [-0.25, -0.2) is 0 Å². The zero-order chi connectivity index (χ0) is 20.2. The Hall–Kier alpha value is -3.08. The minimum atomic E-state index is -0.0762. The maximum Gasteiger partial charge on any atom is 0.276 e. The summed E-state index contributed by atoms with van der Waals surface area (Å²) in [5.41, 5.74) is 3.77. The van der Waals surface area contributed by atoms with Crippen LogP contribution in [0, 0.1) is 13.8 Å². The minimum Gasteiger partial charge on any atom is -0.485 e. The van der Waals surface area contributed by atoms with E-state index in [9.17, 15) is 4.79 Å². The van der Waals surface area contributed by atoms with Crippen LogP contribution in [0.3, 0.4) is 0 Å². The maximum atomic E-state index is 12.9. The molecule has 4 rings (SSSR count). The minimum absolute atomic E-state index is 0.0762. The molecule has 0 N–H and O–H groups in total. The van der Waals surface area contributed by atoms with Crippen molar-refractivity contribution in [2.45, 2.75) is 39.2 Å². The van der Waals surface area contributed by atoms with Gasteiger partial charge in [0.25, 0.3) is 5.91 Å². The molecule has 1 fully saturated rings. The van der Waals surface area contributed by atoms with Crippen LogP contribution in [0.15, 0.2) is 59.1 Å². The zero-order valence-corrected chi connectivity index (χ0v) is 16.9. The number of hydrogen-bond acceptors (Lipinski definition) is 4. The van der Waals surface area contributed by atoms with Crippen LogP contribution in [0.4, 0.5) is 0 Å². The van der Waals surface area contributed by atoms with E-state index in [-0.39, 0.29) is 12.5 Å². The van der Waals surface area contributed by atoms with Crippen molar-refractivity contribution in [1.29, 1.82) is 0 Å². The number of rotatable bonds is 5. The topological polar surface area (TPSA) is 55.6 Å². The van der Waals surface area contributed by atoms with Crippen LogP contribution in [0.1, 0.15) is 51.7 Å². The Kier molecular flexibility index (Phi) is 5.65. The summed E-state index contributed by atoms with van der Waals surface area (Å²) >= 11 is 0. The summed E-state index contributed by atoms with van der Waals surface area (Å²) in [6.07, 6.45) is 2.09. The number of para-hydroxylation sites is 1. The van der Waals surface area contributed by atoms with E-state index >= 15 is 0 Å². The number of carbonyl (C=O) groups excluding carboxylic acids is 1. The van der Waals surface area contributed by atoms with Gasteiger partial charge in [-0.2, -0.15) is 0 Å². The van der Waals surface area contributed by atoms with E-state index < -0.39 is 0 Å². The lowest BCUT2D eigenvalue weighted by Crippen LogP contribution is -2.39.